The van der Waals surface area contributed by atoms with Gasteiger partial charge in [0.05, 0.1) is 17.7 Å². The third kappa shape index (κ3) is 9.13. The molecule has 6 rings (SSSR count). The van der Waals surface area contributed by atoms with Crippen LogP contribution in [0, 0.1) is 18.4 Å². The fraction of sp³-hybridized carbons (Fsp3) is 0.216. The summed E-state index contributed by atoms with van der Waals surface area (Å²) in [5.41, 5.74) is 5.21. The van der Waals surface area contributed by atoms with E-state index in [4.69, 9.17) is 14.7 Å². The van der Waals surface area contributed by atoms with Crippen molar-refractivity contribution in [3.8, 4) is 23.4 Å². The van der Waals surface area contributed by atoms with Gasteiger partial charge in [0.15, 0.2) is 14.0 Å². The van der Waals surface area contributed by atoms with E-state index < -0.39 is 8.24 Å². The van der Waals surface area contributed by atoms with E-state index in [0.717, 1.165) is 16.7 Å². The zero-order valence-corrected chi connectivity index (χ0v) is 27.0. The minimum Gasteiger partial charge on any atom is -0.508 e. The second kappa shape index (κ2) is 15.0. The second-order valence-corrected chi connectivity index (χ2v) is 16.2. The van der Waals surface area contributed by atoms with E-state index in [9.17, 15) is 9.90 Å². The van der Waals surface area contributed by atoms with Crippen LogP contribution in [-0.2, 0) is 0 Å². The van der Waals surface area contributed by atoms with Gasteiger partial charge < -0.3 is 14.6 Å². The van der Waals surface area contributed by atoms with Crippen molar-refractivity contribution in [2.75, 3.05) is 0 Å². The molecule has 2 unspecified atom stereocenters. The van der Waals surface area contributed by atoms with Crippen molar-refractivity contribution < 1.29 is 19.4 Å². The van der Waals surface area contributed by atoms with E-state index in [1.54, 1.807) is 18.2 Å². The Morgan fingerprint density at radius 2 is 1.38 bits per heavy atom. The largest absolute Gasteiger partial charge is 0.508 e. The average molecular weight is 616 g/mol. The number of nitriles is 1. The van der Waals surface area contributed by atoms with Crippen molar-refractivity contribution in [3.05, 3.63) is 131 Å². The van der Waals surface area contributed by atoms with Crippen LogP contribution in [0.1, 0.15) is 57.7 Å². The quantitative estimate of drug-likeness (QED) is 0.141. The number of hydrogen-bond acceptors (Lipinski definition) is 7. The molecule has 4 aromatic carbocycles. The molecule has 0 saturated carbocycles. The van der Waals surface area contributed by atoms with Gasteiger partial charge in [-0.05, 0) is 80.5 Å². The monoisotopic (exact) mass is 615 g/mol. The molecule has 2 aliphatic rings. The Morgan fingerprint density at radius 1 is 0.822 bits per heavy atom. The molecule has 0 aliphatic carbocycles. The molecular weight excluding hydrogens is 579 g/mol. The molecule has 7 nitrogen and oxygen atoms in total. The maximum atomic E-state index is 12.1. The van der Waals surface area contributed by atoms with Gasteiger partial charge in [-0.2, -0.15) is 10.3 Å². The highest BCUT2D eigenvalue weighted by Gasteiger charge is 2.28. The Bertz CT molecular complexity index is 1750. The summed E-state index contributed by atoms with van der Waals surface area (Å²) in [5.74, 6) is 4.18. The minimum absolute atomic E-state index is 0.135. The van der Waals surface area contributed by atoms with Crippen LogP contribution in [0.2, 0.25) is 19.6 Å². The SMILES string of the molecule is C=C=N[Si](C)(C)C.Cc1ccc2c(c1)C(=O)CC(c1ccccc1)O2.N#CN=C1CC(c2ccccc2)Oc2ccc(O)cc21. The summed E-state index contributed by atoms with van der Waals surface area (Å²) in [6.07, 6.45) is 2.42. The summed E-state index contributed by atoms with van der Waals surface area (Å²) < 4.78 is 15.9. The molecule has 0 radical (unpaired) electrons. The van der Waals surface area contributed by atoms with Crippen molar-refractivity contribution in [1.82, 2.24) is 0 Å². The van der Waals surface area contributed by atoms with Crippen molar-refractivity contribution >= 4 is 25.6 Å². The first-order chi connectivity index (χ1) is 21.6. The molecule has 4 aromatic rings. The lowest BCUT2D eigenvalue weighted by atomic mass is 9.95. The van der Waals surface area contributed by atoms with Crippen LogP contribution in [0.3, 0.4) is 0 Å². The number of ether oxygens (including phenoxy) is 2. The summed E-state index contributed by atoms with van der Waals surface area (Å²) in [7, 11) is -1.21. The number of ketones is 1. The molecule has 8 heteroatoms. The molecule has 0 amide bonds. The van der Waals surface area contributed by atoms with E-state index >= 15 is 0 Å². The highest BCUT2D eigenvalue weighted by Crippen LogP contribution is 2.37. The molecule has 2 heterocycles. The summed E-state index contributed by atoms with van der Waals surface area (Å²) in [4.78, 5) is 16.0. The molecule has 0 bridgehead atoms. The number of Topliss-reactive ketones (excluding diaryl/α,β-unsaturated/α-hetero) is 1. The van der Waals surface area contributed by atoms with Crippen LogP contribution in [0.25, 0.3) is 0 Å². The molecule has 0 fully saturated rings. The molecule has 45 heavy (non-hydrogen) atoms. The number of fused-ring (bicyclic) bond motifs is 2. The molecule has 2 aliphatic heterocycles. The zero-order chi connectivity index (χ0) is 32.4. The smallest absolute Gasteiger partial charge is 0.205 e. The first-order valence-corrected chi connectivity index (χ1v) is 18.1. The summed E-state index contributed by atoms with van der Waals surface area (Å²) in [5, 5.41) is 18.4. The van der Waals surface area contributed by atoms with Crippen molar-refractivity contribution in [2.24, 2.45) is 9.65 Å². The maximum Gasteiger partial charge on any atom is 0.205 e. The van der Waals surface area contributed by atoms with Crippen LogP contribution >= 0.6 is 0 Å². The second-order valence-electron chi connectivity index (χ2n) is 11.6. The fourth-order valence-corrected chi connectivity index (χ4v) is 5.35. The van der Waals surface area contributed by atoms with E-state index in [-0.39, 0.29) is 23.7 Å². The Hall–Kier alpha value is -5.22. The van der Waals surface area contributed by atoms with Gasteiger partial charge in [-0.25, -0.2) is 0 Å². The van der Waals surface area contributed by atoms with Gasteiger partial charge >= 0.3 is 0 Å². The lowest BCUT2D eigenvalue weighted by Crippen LogP contribution is -2.20. The van der Waals surface area contributed by atoms with Crippen molar-refractivity contribution in [2.45, 2.75) is 51.6 Å². The average Bonchev–Trinajstić information content (AvgIpc) is 3.02. The van der Waals surface area contributed by atoms with Crippen LogP contribution in [0.5, 0.6) is 17.2 Å². The van der Waals surface area contributed by atoms with Gasteiger partial charge in [0, 0.05) is 12.0 Å². The fourth-order valence-electron chi connectivity index (χ4n) is 4.88. The van der Waals surface area contributed by atoms with Gasteiger partial charge in [0.25, 0.3) is 0 Å². The van der Waals surface area contributed by atoms with Gasteiger partial charge in [-0.1, -0.05) is 72.3 Å². The van der Waals surface area contributed by atoms with Crippen LogP contribution in [0.4, 0.5) is 0 Å². The molecule has 0 saturated heterocycles. The Labute approximate surface area is 265 Å². The maximum absolute atomic E-state index is 12.1. The highest BCUT2D eigenvalue weighted by molar-refractivity contribution is 6.75. The number of carbonyl (C=O) groups excluding carboxylic acids is 1. The van der Waals surface area contributed by atoms with Crippen molar-refractivity contribution in [3.63, 3.8) is 0 Å². The number of phenolic OH excluding ortho intramolecular Hbond substituents is 1. The van der Waals surface area contributed by atoms with Crippen LogP contribution in [-0.4, -0.2) is 30.7 Å². The topological polar surface area (TPSA) is 104 Å². The van der Waals surface area contributed by atoms with Crippen molar-refractivity contribution in [1.29, 1.82) is 5.26 Å². The number of benzene rings is 4. The molecule has 228 valence electrons. The molecule has 2 atom stereocenters. The molecule has 0 aromatic heterocycles. The number of aromatic hydroxyl groups is 1. The number of aliphatic imine (C=N–C) groups is 1. The molecule has 0 spiro atoms. The number of rotatable bonds is 3. The third-order valence-corrected chi connectivity index (χ3v) is 7.77. The first-order valence-electron chi connectivity index (χ1n) is 14.7. The first kappa shape index (κ1) is 32.7. The minimum atomic E-state index is -1.21. The Balaban J connectivity index is 0.000000171. The number of carbonyl (C=O) groups is 1. The molecule has 1 N–H and O–H groups in total. The van der Waals surface area contributed by atoms with E-state index in [2.05, 4.69) is 41.7 Å². The summed E-state index contributed by atoms with van der Waals surface area (Å²) in [6.45, 7) is 11.8. The standard InChI is InChI=1S/C16H12N2O2.C16H14O2.C5H11NSi/c17-10-18-14-9-16(11-4-2-1-3-5-11)20-15-7-6-12(19)8-13(14)15;1-11-7-8-15-13(9-11)14(17)10-16(18-15)12-5-3-2-4-6-12;1-5-6-7(2,3)4/h1-8,16,19H,9H2;2-9,16H,10H2,1H3;1H2,2-4H3. The summed E-state index contributed by atoms with van der Waals surface area (Å²) >= 11 is 0. The number of phenols is 1. The number of hydrogen-bond donors (Lipinski definition) is 1. The van der Waals surface area contributed by atoms with Gasteiger partial charge in [-0.3, -0.25) is 9.45 Å². The van der Waals surface area contributed by atoms with Gasteiger partial charge in [-0.15, -0.1) is 0 Å². The Kier molecular flexibility index (Phi) is 10.9. The highest BCUT2D eigenvalue weighted by atomic mass is 28.3. The predicted molar refractivity (Wildman–Crippen MR) is 181 cm³/mol. The Morgan fingerprint density at radius 3 is 1.91 bits per heavy atom. The van der Waals surface area contributed by atoms with E-state index in [1.807, 2.05) is 92.0 Å². The third-order valence-electron chi connectivity index (χ3n) is 6.94. The lowest BCUT2D eigenvalue weighted by molar-refractivity contribution is 0.0850. The van der Waals surface area contributed by atoms with Crippen LogP contribution in [0.15, 0.2) is 113 Å². The predicted octanol–water partition coefficient (Wildman–Crippen LogP) is 8.56. The van der Waals surface area contributed by atoms with Gasteiger partial charge in [0.2, 0.25) is 6.19 Å². The van der Waals surface area contributed by atoms with Crippen LogP contribution < -0.4 is 9.47 Å². The van der Waals surface area contributed by atoms with E-state index in [0.29, 0.717) is 41.2 Å². The lowest BCUT2D eigenvalue weighted by Gasteiger charge is -2.27. The zero-order valence-electron chi connectivity index (χ0n) is 26.0. The van der Waals surface area contributed by atoms with Gasteiger partial charge in [0.1, 0.15) is 29.5 Å². The number of aryl methyl sites for hydroxylation is 1. The van der Waals surface area contributed by atoms with E-state index in [1.165, 1.54) is 0 Å². The normalized spacial score (nSPS) is 17.2. The summed E-state index contributed by atoms with van der Waals surface area (Å²) in [6, 6.07) is 30.3. The number of nitrogens with zero attached hydrogens (tertiary/aromatic N) is 3. The molecular formula is C37H37N3O4Si.